The van der Waals surface area contributed by atoms with Gasteiger partial charge in [-0.3, -0.25) is 0 Å². The summed E-state index contributed by atoms with van der Waals surface area (Å²) in [5.74, 6) is 0. The van der Waals surface area contributed by atoms with E-state index in [9.17, 15) is 0 Å². The third-order valence-corrected chi connectivity index (χ3v) is 2.32. The first-order chi connectivity index (χ1) is 8.67. The third-order valence-electron chi connectivity index (χ3n) is 2.15. The lowest BCUT2D eigenvalue weighted by molar-refractivity contribution is 0.282. The van der Waals surface area contributed by atoms with Crippen molar-refractivity contribution in [3.8, 4) is 0 Å². The van der Waals surface area contributed by atoms with Crippen molar-refractivity contribution in [1.82, 2.24) is 5.32 Å². The first-order valence-corrected chi connectivity index (χ1v) is 6.76. The standard InChI is InChI=1S/C13H18NOP.C2H6/c1-10(16)7-13(8-14-2)12-5-3-11(9-15)4-6-12;1-2/h3-8,14-15H,9,16H2,1-2H3;1-2H3/b10-7+,13-8+;. The molecule has 0 heterocycles. The molecule has 18 heavy (non-hydrogen) atoms. The van der Waals surface area contributed by atoms with Crippen LogP contribution < -0.4 is 5.32 Å². The summed E-state index contributed by atoms with van der Waals surface area (Å²) in [4.78, 5) is 0. The van der Waals surface area contributed by atoms with Gasteiger partial charge in [0.1, 0.15) is 0 Å². The molecule has 0 aliphatic carbocycles. The molecule has 1 rings (SSSR count). The van der Waals surface area contributed by atoms with Crippen molar-refractivity contribution in [3.63, 3.8) is 0 Å². The molecule has 0 saturated heterocycles. The number of hydrogen-bond acceptors (Lipinski definition) is 2. The van der Waals surface area contributed by atoms with Crippen molar-refractivity contribution in [2.75, 3.05) is 7.05 Å². The van der Waals surface area contributed by atoms with Gasteiger partial charge in [0, 0.05) is 13.2 Å². The van der Waals surface area contributed by atoms with Crippen molar-refractivity contribution < 1.29 is 5.11 Å². The van der Waals surface area contributed by atoms with Crippen LogP contribution >= 0.6 is 9.24 Å². The van der Waals surface area contributed by atoms with Crippen molar-refractivity contribution in [1.29, 1.82) is 0 Å². The number of rotatable bonds is 4. The lowest BCUT2D eigenvalue weighted by Crippen LogP contribution is -1.95. The summed E-state index contributed by atoms with van der Waals surface area (Å²) in [6.07, 6.45) is 4.05. The van der Waals surface area contributed by atoms with Gasteiger partial charge in [-0.2, -0.15) is 0 Å². The van der Waals surface area contributed by atoms with E-state index in [1.807, 2.05) is 58.3 Å². The average molecular weight is 265 g/mol. The number of aliphatic hydroxyl groups excluding tert-OH is 1. The van der Waals surface area contributed by atoms with Crippen LogP contribution in [0.2, 0.25) is 0 Å². The molecule has 0 aromatic heterocycles. The molecule has 0 aliphatic rings. The number of nitrogens with one attached hydrogen (secondary N) is 1. The predicted molar refractivity (Wildman–Crippen MR) is 84.2 cm³/mol. The summed E-state index contributed by atoms with van der Waals surface area (Å²) in [5, 5.41) is 13.2. The summed E-state index contributed by atoms with van der Waals surface area (Å²) in [6, 6.07) is 7.90. The van der Waals surface area contributed by atoms with E-state index in [0.29, 0.717) is 0 Å². The van der Waals surface area contributed by atoms with Crippen molar-refractivity contribution in [2.24, 2.45) is 0 Å². The average Bonchev–Trinajstić information content (AvgIpc) is 2.40. The highest BCUT2D eigenvalue weighted by atomic mass is 31.0. The number of benzene rings is 1. The topological polar surface area (TPSA) is 32.3 Å². The molecule has 3 heteroatoms. The molecule has 0 aliphatic heterocycles. The molecule has 1 aromatic rings. The molecule has 0 radical (unpaired) electrons. The Morgan fingerprint density at radius 2 is 1.83 bits per heavy atom. The maximum absolute atomic E-state index is 8.97. The molecule has 0 fully saturated rings. The van der Waals surface area contributed by atoms with E-state index < -0.39 is 0 Å². The SMILES string of the molecule is CC.CN/C=C(\C=C(/C)P)c1ccc(CO)cc1. The van der Waals surface area contributed by atoms with E-state index in [4.69, 9.17) is 5.11 Å². The Labute approximate surface area is 113 Å². The fourth-order valence-electron chi connectivity index (χ4n) is 1.41. The maximum atomic E-state index is 8.97. The van der Waals surface area contributed by atoms with Gasteiger partial charge in [0.15, 0.2) is 0 Å². The summed E-state index contributed by atoms with van der Waals surface area (Å²) < 4.78 is 0. The molecular formula is C15H24NOP. The Balaban J connectivity index is 0.00000137. The van der Waals surface area contributed by atoms with Crippen LogP contribution in [0.5, 0.6) is 0 Å². The van der Waals surface area contributed by atoms with Crippen molar-refractivity contribution in [3.05, 3.63) is 53.0 Å². The van der Waals surface area contributed by atoms with Crippen LogP contribution in [0.4, 0.5) is 0 Å². The van der Waals surface area contributed by atoms with Crippen LogP contribution in [0.3, 0.4) is 0 Å². The van der Waals surface area contributed by atoms with Crippen LogP contribution in [0, 0.1) is 0 Å². The second-order valence-corrected chi connectivity index (χ2v) is 4.54. The van der Waals surface area contributed by atoms with E-state index in [0.717, 1.165) is 16.7 Å². The molecular weight excluding hydrogens is 241 g/mol. The molecule has 0 amide bonds. The molecule has 1 unspecified atom stereocenters. The Morgan fingerprint density at radius 3 is 2.22 bits per heavy atom. The largest absolute Gasteiger partial charge is 0.393 e. The van der Waals surface area contributed by atoms with Crippen LogP contribution in [-0.4, -0.2) is 12.2 Å². The minimum atomic E-state index is 0.0872. The van der Waals surface area contributed by atoms with E-state index in [2.05, 4.69) is 20.6 Å². The smallest absolute Gasteiger partial charge is 0.0681 e. The molecule has 100 valence electrons. The van der Waals surface area contributed by atoms with Crippen LogP contribution in [0.25, 0.3) is 5.57 Å². The lowest BCUT2D eigenvalue weighted by atomic mass is 10.0. The van der Waals surface area contributed by atoms with Gasteiger partial charge in [0.05, 0.1) is 6.61 Å². The summed E-state index contributed by atoms with van der Waals surface area (Å²) >= 11 is 0. The zero-order valence-corrected chi connectivity index (χ0v) is 12.9. The third kappa shape index (κ3) is 6.00. The van der Waals surface area contributed by atoms with Gasteiger partial charge in [-0.25, -0.2) is 0 Å². The minimum absolute atomic E-state index is 0.0872. The van der Waals surface area contributed by atoms with Gasteiger partial charge in [-0.15, -0.1) is 9.24 Å². The number of hydrogen-bond donors (Lipinski definition) is 2. The first kappa shape index (κ1) is 16.9. The Morgan fingerprint density at radius 1 is 1.28 bits per heavy atom. The second-order valence-electron chi connectivity index (χ2n) is 3.63. The fourth-order valence-corrected chi connectivity index (χ4v) is 1.59. The van der Waals surface area contributed by atoms with Gasteiger partial charge in [0.2, 0.25) is 0 Å². The maximum Gasteiger partial charge on any atom is 0.0681 e. The lowest BCUT2D eigenvalue weighted by Gasteiger charge is -2.05. The first-order valence-electron chi connectivity index (χ1n) is 6.18. The zero-order valence-electron chi connectivity index (χ0n) is 11.7. The van der Waals surface area contributed by atoms with Crippen LogP contribution in [0.15, 0.2) is 41.9 Å². The van der Waals surface area contributed by atoms with E-state index in [1.54, 1.807) is 0 Å². The molecule has 2 nitrogen and oxygen atoms in total. The molecule has 0 spiro atoms. The Bertz CT molecular complexity index is 389. The van der Waals surface area contributed by atoms with Crippen LogP contribution in [-0.2, 0) is 6.61 Å². The van der Waals surface area contributed by atoms with Gasteiger partial charge in [0.25, 0.3) is 0 Å². The summed E-state index contributed by atoms with van der Waals surface area (Å²) in [6.45, 7) is 6.13. The van der Waals surface area contributed by atoms with Gasteiger partial charge in [-0.1, -0.05) is 49.5 Å². The monoisotopic (exact) mass is 265 g/mol. The zero-order chi connectivity index (χ0) is 14.0. The molecule has 1 atom stereocenters. The Kier molecular flexibility index (Phi) is 9.26. The second kappa shape index (κ2) is 9.87. The molecule has 2 N–H and O–H groups in total. The van der Waals surface area contributed by atoms with E-state index in [-0.39, 0.29) is 6.61 Å². The van der Waals surface area contributed by atoms with E-state index in [1.165, 1.54) is 5.31 Å². The van der Waals surface area contributed by atoms with Gasteiger partial charge >= 0.3 is 0 Å². The summed E-state index contributed by atoms with van der Waals surface area (Å²) in [5.41, 5.74) is 3.19. The number of allylic oxidation sites excluding steroid dienone is 3. The summed E-state index contributed by atoms with van der Waals surface area (Å²) in [7, 11) is 4.56. The van der Waals surface area contributed by atoms with Gasteiger partial charge < -0.3 is 10.4 Å². The molecule has 0 saturated carbocycles. The molecule has 1 aromatic carbocycles. The van der Waals surface area contributed by atoms with Gasteiger partial charge in [-0.05, 0) is 23.6 Å². The fraction of sp³-hybridized carbons (Fsp3) is 0.333. The highest BCUT2D eigenvalue weighted by Crippen LogP contribution is 2.19. The number of aliphatic hydroxyl groups is 1. The quantitative estimate of drug-likeness (QED) is 0.644. The van der Waals surface area contributed by atoms with Crippen LogP contribution in [0.1, 0.15) is 31.9 Å². The van der Waals surface area contributed by atoms with Crippen molar-refractivity contribution >= 4 is 14.8 Å². The minimum Gasteiger partial charge on any atom is -0.393 e. The van der Waals surface area contributed by atoms with Crippen molar-refractivity contribution in [2.45, 2.75) is 27.4 Å². The Hall–Kier alpha value is -1.11. The van der Waals surface area contributed by atoms with E-state index >= 15 is 0 Å². The highest BCUT2D eigenvalue weighted by molar-refractivity contribution is 7.22. The molecule has 0 bridgehead atoms. The highest BCUT2D eigenvalue weighted by Gasteiger charge is 1.98. The predicted octanol–water partition coefficient (Wildman–Crippen LogP) is 3.54. The normalized spacial score (nSPS) is 11.7.